The van der Waals surface area contributed by atoms with Crippen LogP contribution in [0.25, 0.3) is 11.2 Å². The molecule has 0 bridgehead atoms. The Morgan fingerprint density at radius 2 is 2.18 bits per heavy atom. The third-order valence-electron chi connectivity index (χ3n) is 5.62. The summed E-state index contributed by atoms with van der Waals surface area (Å²) in [6.07, 6.45) is 1.29. The maximum atomic E-state index is 12.5. The molecule has 16 heteroatoms. The molecule has 3 unspecified atom stereocenters. The highest BCUT2D eigenvalue weighted by molar-refractivity contribution is 7.47. The fourth-order valence-electron chi connectivity index (χ4n) is 3.64. The maximum absolute atomic E-state index is 12.5. The van der Waals surface area contributed by atoms with Crippen LogP contribution in [0, 0.1) is 0 Å². The second kappa shape index (κ2) is 14.7. The number of rotatable bonds is 14. The summed E-state index contributed by atoms with van der Waals surface area (Å²) in [7, 11) is 1.05. The smallest absolute Gasteiger partial charge is 0.432 e. The predicted molar refractivity (Wildman–Crippen MR) is 139 cm³/mol. The molecule has 3 atom stereocenters. The molecule has 2 aromatic rings. The van der Waals surface area contributed by atoms with Crippen LogP contribution in [-0.2, 0) is 34.8 Å². The summed E-state index contributed by atoms with van der Waals surface area (Å²) in [6.45, 7) is 4.92. The van der Waals surface area contributed by atoms with E-state index in [4.69, 9.17) is 30.3 Å². The van der Waals surface area contributed by atoms with Gasteiger partial charge in [0.05, 0.1) is 37.3 Å². The lowest BCUT2D eigenvalue weighted by molar-refractivity contribution is -0.129. The van der Waals surface area contributed by atoms with E-state index in [9.17, 15) is 14.5 Å². The minimum atomic E-state index is -2.12. The van der Waals surface area contributed by atoms with Crippen LogP contribution in [-0.4, -0.2) is 106 Å². The van der Waals surface area contributed by atoms with Crippen molar-refractivity contribution in [3.8, 4) is 0 Å². The summed E-state index contributed by atoms with van der Waals surface area (Å²) in [4.78, 5) is 48.4. The number of carbonyl (C=O) groups excluding carboxylic acids is 2. The molecule has 0 radical (unpaired) electrons. The van der Waals surface area contributed by atoms with Crippen LogP contribution in [0.15, 0.2) is 6.33 Å². The van der Waals surface area contributed by atoms with Gasteiger partial charge in [0.2, 0.25) is 18.0 Å². The van der Waals surface area contributed by atoms with Crippen molar-refractivity contribution in [3.63, 3.8) is 0 Å². The van der Waals surface area contributed by atoms with Gasteiger partial charge in [-0.05, 0) is 38.3 Å². The molecule has 0 saturated carbocycles. The number of aryl methyl sites for hydroxylation is 1. The van der Waals surface area contributed by atoms with Crippen LogP contribution in [0.1, 0.15) is 26.7 Å². The van der Waals surface area contributed by atoms with Crippen molar-refractivity contribution in [1.29, 1.82) is 0 Å². The maximum Gasteiger partial charge on any atom is 0.510 e. The second-order valence-electron chi connectivity index (χ2n) is 8.90. The number of hydrogen-bond donors (Lipinski definition) is 2. The molecule has 212 valence electrons. The van der Waals surface area contributed by atoms with Gasteiger partial charge in [0.25, 0.3) is 0 Å². The second-order valence-corrected chi connectivity index (χ2v) is 10.5. The zero-order valence-electron chi connectivity index (χ0n) is 21.8. The number of fused-ring (bicyclic) bond motifs is 1. The van der Waals surface area contributed by atoms with Crippen LogP contribution in [0.5, 0.6) is 0 Å². The number of nitrogens with zero attached hydrogens (tertiary/aromatic N) is 5. The van der Waals surface area contributed by atoms with E-state index in [1.165, 1.54) is 4.90 Å². The lowest BCUT2D eigenvalue weighted by Crippen LogP contribution is -2.37. The summed E-state index contributed by atoms with van der Waals surface area (Å²) in [5.41, 5.74) is 1.20. The van der Waals surface area contributed by atoms with Gasteiger partial charge in [0.1, 0.15) is 0 Å². The highest BCUT2D eigenvalue weighted by atomic mass is 35.5. The van der Waals surface area contributed by atoms with E-state index in [1.807, 2.05) is 4.57 Å². The number of ether oxygens (including phenoxy) is 4. The Kier molecular flexibility index (Phi) is 11.7. The molecule has 1 fully saturated rings. The largest absolute Gasteiger partial charge is 0.510 e. The van der Waals surface area contributed by atoms with E-state index < -0.39 is 21.3 Å². The van der Waals surface area contributed by atoms with Crippen LogP contribution in [0.3, 0.4) is 0 Å². The van der Waals surface area contributed by atoms with Gasteiger partial charge in [0, 0.05) is 33.9 Å². The molecule has 3 rings (SSSR count). The van der Waals surface area contributed by atoms with E-state index >= 15 is 0 Å². The van der Waals surface area contributed by atoms with Gasteiger partial charge < -0.3 is 38.6 Å². The zero-order chi connectivity index (χ0) is 27.7. The van der Waals surface area contributed by atoms with Crippen LogP contribution >= 0.6 is 20.0 Å². The third kappa shape index (κ3) is 9.14. The lowest BCUT2D eigenvalue weighted by Gasteiger charge is -2.24. The average molecular weight is 577 g/mol. The minimum Gasteiger partial charge on any atom is -0.432 e. The Bertz CT molecular complexity index is 1070. The number of hydrogen-bond acceptors (Lipinski definition) is 12. The minimum absolute atomic E-state index is 0.110. The molecule has 0 aliphatic carbocycles. The Labute approximate surface area is 226 Å². The fraction of sp³-hybridized carbons (Fsp3) is 0.682. The van der Waals surface area contributed by atoms with Gasteiger partial charge in [0.15, 0.2) is 25.4 Å². The normalized spacial score (nSPS) is 17.0. The Hall–Kier alpha value is -2.35. The van der Waals surface area contributed by atoms with Crippen LogP contribution < -0.4 is 5.32 Å². The Balaban J connectivity index is 1.48. The molecule has 14 nitrogen and oxygen atoms in total. The summed E-state index contributed by atoms with van der Waals surface area (Å²) in [5, 5.41) is 3.44. The molecular formula is C22H34ClN6O8P. The van der Waals surface area contributed by atoms with E-state index in [1.54, 1.807) is 34.3 Å². The molecule has 1 aliphatic heterocycles. The molecule has 2 aromatic heterocycles. The molecule has 1 aliphatic rings. The molecule has 38 heavy (non-hydrogen) atoms. The summed E-state index contributed by atoms with van der Waals surface area (Å²) in [5.74, 6) is 0.220. The molecule has 2 N–H and O–H groups in total. The van der Waals surface area contributed by atoms with Gasteiger partial charge >= 0.3 is 6.16 Å². The molecule has 0 aromatic carbocycles. The first-order valence-corrected chi connectivity index (χ1v) is 13.9. The lowest BCUT2D eigenvalue weighted by atomic mass is 10.2. The van der Waals surface area contributed by atoms with Crippen LogP contribution in [0.2, 0.25) is 5.28 Å². The number of imidazole rings is 1. The summed E-state index contributed by atoms with van der Waals surface area (Å²) in [6, 6.07) is 0.138. The Morgan fingerprint density at radius 1 is 1.39 bits per heavy atom. The monoisotopic (exact) mass is 576 g/mol. The first-order valence-electron chi connectivity index (χ1n) is 12.1. The fourth-order valence-corrected chi connectivity index (χ4v) is 4.54. The molecular weight excluding hydrogens is 543 g/mol. The summed E-state index contributed by atoms with van der Waals surface area (Å²) >= 11 is 6.18. The van der Waals surface area contributed by atoms with Gasteiger partial charge in [-0.1, -0.05) is 0 Å². The number of halogens is 1. The summed E-state index contributed by atoms with van der Waals surface area (Å²) < 4.78 is 27.3. The first-order chi connectivity index (χ1) is 18.2. The number of amides is 1. The van der Waals surface area contributed by atoms with E-state index in [0.29, 0.717) is 43.2 Å². The number of nitrogens with one attached hydrogen (secondary N) is 1. The number of anilines is 1. The standard InChI is InChI=1S/C22H34ClN6O8P/c1-14(2)37-22(31)35-13-36-38(32)11-17(30)28(3)9-16(33-4)5-7-29-12-24-18-19(25-15-6-8-34-10-15)26-21(23)27-20(18)29/h12,14-16,32H,5-11,13H2,1-4H3,(H,25,26,27). The molecule has 3 heterocycles. The van der Waals surface area contributed by atoms with Crippen molar-refractivity contribution in [3.05, 3.63) is 11.6 Å². The Morgan fingerprint density at radius 3 is 2.87 bits per heavy atom. The van der Waals surface area contributed by atoms with Gasteiger partial charge in [-0.2, -0.15) is 9.97 Å². The van der Waals surface area contributed by atoms with E-state index in [2.05, 4.69) is 25.0 Å². The van der Waals surface area contributed by atoms with E-state index in [0.717, 1.165) is 6.42 Å². The number of methoxy groups -OCH3 is 1. The van der Waals surface area contributed by atoms with Crippen molar-refractivity contribution in [1.82, 2.24) is 24.4 Å². The topological polar surface area (TPSA) is 159 Å². The molecule has 1 amide bonds. The van der Waals surface area contributed by atoms with Gasteiger partial charge in [-0.25, -0.2) is 9.78 Å². The zero-order valence-corrected chi connectivity index (χ0v) is 23.5. The third-order valence-corrected chi connectivity index (χ3v) is 6.73. The molecule has 0 spiro atoms. The number of likely N-dealkylation sites (N-methyl/N-ethyl adjacent to an activating group) is 1. The van der Waals surface area contributed by atoms with Crippen molar-refractivity contribution < 1.29 is 38.0 Å². The van der Waals surface area contributed by atoms with Crippen molar-refractivity contribution in [2.75, 3.05) is 52.2 Å². The average Bonchev–Trinajstić information content (AvgIpc) is 3.51. The van der Waals surface area contributed by atoms with Gasteiger partial charge in [-0.15, -0.1) is 0 Å². The predicted octanol–water partition coefficient (Wildman–Crippen LogP) is 2.38. The SMILES string of the molecule is COC(CCn1cnc2c(NC3CCOC3)nc(Cl)nc21)CN(C)C(=O)CP(O)OCOC(=O)OC(C)C. The van der Waals surface area contributed by atoms with Gasteiger partial charge in [-0.3, -0.25) is 9.32 Å². The van der Waals surface area contributed by atoms with Crippen molar-refractivity contribution in [2.24, 2.45) is 0 Å². The van der Waals surface area contributed by atoms with Crippen LogP contribution in [0.4, 0.5) is 10.6 Å². The van der Waals surface area contributed by atoms with Crippen molar-refractivity contribution in [2.45, 2.75) is 51.5 Å². The number of aromatic nitrogens is 4. The van der Waals surface area contributed by atoms with Crippen molar-refractivity contribution >= 4 is 49.0 Å². The highest BCUT2D eigenvalue weighted by Crippen LogP contribution is 2.31. The quantitative estimate of drug-likeness (QED) is 0.146. The first kappa shape index (κ1) is 30.2. The molecule has 1 saturated heterocycles. The highest BCUT2D eigenvalue weighted by Gasteiger charge is 2.22. The van der Waals surface area contributed by atoms with E-state index in [-0.39, 0.29) is 42.1 Å². The number of carbonyl (C=O) groups is 2.